The van der Waals surface area contributed by atoms with E-state index in [9.17, 15) is 0 Å². The second kappa shape index (κ2) is 4.67. The molecule has 4 rings (SSSR count). The molecule has 22 heavy (non-hydrogen) atoms. The molecule has 2 heterocycles. The lowest BCUT2D eigenvalue weighted by molar-refractivity contribution is 0.174. The zero-order valence-corrected chi connectivity index (χ0v) is 11.7. The van der Waals surface area contributed by atoms with Crippen LogP contribution >= 0.6 is 0 Å². The number of nitrogens with zero attached hydrogens (tertiary/aromatic N) is 2. The number of ether oxygens (including phenoxy) is 3. The van der Waals surface area contributed by atoms with Crippen LogP contribution in [0.2, 0.25) is 0 Å². The highest BCUT2D eigenvalue weighted by Gasteiger charge is 2.20. The van der Waals surface area contributed by atoms with Gasteiger partial charge < -0.3 is 19.2 Å². The van der Waals surface area contributed by atoms with Crippen molar-refractivity contribution in [3.05, 3.63) is 35.9 Å². The van der Waals surface area contributed by atoms with Gasteiger partial charge in [-0.2, -0.15) is 5.26 Å². The number of H-pyrrole nitrogens is 1. The van der Waals surface area contributed by atoms with Crippen molar-refractivity contribution in [2.45, 2.75) is 0 Å². The molecule has 0 bridgehead atoms. The molecule has 6 nitrogen and oxygen atoms in total. The van der Waals surface area contributed by atoms with Gasteiger partial charge in [0.25, 0.3) is 0 Å². The second-order valence-corrected chi connectivity index (χ2v) is 4.83. The van der Waals surface area contributed by atoms with Gasteiger partial charge in [-0.1, -0.05) is 0 Å². The lowest BCUT2D eigenvalue weighted by Crippen LogP contribution is -1.92. The van der Waals surface area contributed by atoms with E-state index in [1.54, 1.807) is 25.3 Å². The van der Waals surface area contributed by atoms with Gasteiger partial charge in [-0.05, 0) is 24.3 Å². The zero-order valence-electron chi connectivity index (χ0n) is 11.7. The Morgan fingerprint density at radius 1 is 1.23 bits per heavy atom. The van der Waals surface area contributed by atoms with Crippen molar-refractivity contribution in [2.24, 2.45) is 0 Å². The van der Waals surface area contributed by atoms with E-state index in [2.05, 4.69) is 16.0 Å². The molecule has 3 aromatic rings. The van der Waals surface area contributed by atoms with E-state index in [0.717, 1.165) is 16.6 Å². The highest BCUT2D eigenvalue weighted by atomic mass is 16.7. The van der Waals surface area contributed by atoms with Crippen LogP contribution in [0.15, 0.2) is 30.3 Å². The molecule has 0 saturated heterocycles. The predicted octanol–water partition coefficient (Wildman–Crippen LogP) is 2.84. The molecule has 1 aliphatic heterocycles. The van der Waals surface area contributed by atoms with Crippen LogP contribution < -0.4 is 14.2 Å². The molecule has 108 valence electrons. The van der Waals surface area contributed by atoms with Gasteiger partial charge in [-0.3, -0.25) is 0 Å². The minimum Gasteiger partial charge on any atom is -0.496 e. The van der Waals surface area contributed by atoms with Gasteiger partial charge in [-0.25, -0.2) is 4.98 Å². The number of benzene rings is 2. The minimum absolute atomic E-state index is 0.202. The number of methoxy groups -OCH3 is 1. The molecule has 1 aromatic heterocycles. The van der Waals surface area contributed by atoms with Crippen LogP contribution in [-0.4, -0.2) is 23.9 Å². The fourth-order valence-electron chi connectivity index (χ4n) is 2.48. The van der Waals surface area contributed by atoms with E-state index in [1.807, 2.05) is 12.1 Å². The Bertz CT molecular complexity index is 924. The fourth-order valence-corrected chi connectivity index (χ4v) is 2.48. The van der Waals surface area contributed by atoms with Crippen molar-refractivity contribution >= 4 is 11.0 Å². The first-order valence-electron chi connectivity index (χ1n) is 6.66. The maximum absolute atomic E-state index is 8.97. The Morgan fingerprint density at radius 2 is 2.05 bits per heavy atom. The number of fused-ring (bicyclic) bond motifs is 2. The van der Waals surface area contributed by atoms with Crippen molar-refractivity contribution in [1.29, 1.82) is 5.26 Å². The molecule has 0 fully saturated rings. The van der Waals surface area contributed by atoms with Crippen molar-refractivity contribution < 1.29 is 14.2 Å². The van der Waals surface area contributed by atoms with Gasteiger partial charge in [0.15, 0.2) is 11.5 Å². The van der Waals surface area contributed by atoms with Gasteiger partial charge in [0, 0.05) is 6.07 Å². The summed E-state index contributed by atoms with van der Waals surface area (Å²) in [4.78, 5) is 7.77. The Balaban J connectivity index is 1.89. The molecular weight excluding hydrogens is 282 g/mol. The molecule has 0 spiro atoms. The minimum atomic E-state index is 0.202. The molecule has 0 aliphatic carbocycles. The van der Waals surface area contributed by atoms with E-state index in [0.29, 0.717) is 28.6 Å². The average Bonchev–Trinajstić information content (AvgIpc) is 3.18. The first-order valence-corrected chi connectivity index (χ1v) is 6.66. The third kappa shape index (κ3) is 1.84. The van der Waals surface area contributed by atoms with Gasteiger partial charge in [0.05, 0.1) is 35.3 Å². The topological polar surface area (TPSA) is 80.2 Å². The molecule has 1 aliphatic rings. The third-order valence-electron chi connectivity index (χ3n) is 3.56. The number of imidazole rings is 1. The molecule has 0 amide bonds. The highest BCUT2D eigenvalue weighted by Crippen LogP contribution is 2.41. The summed E-state index contributed by atoms with van der Waals surface area (Å²) in [5, 5.41) is 8.97. The van der Waals surface area contributed by atoms with Crippen LogP contribution in [-0.2, 0) is 0 Å². The van der Waals surface area contributed by atoms with Crippen LogP contribution in [0, 0.1) is 11.3 Å². The van der Waals surface area contributed by atoms with Gasteiger partial charge >= 0.3 is 0 Å². The van der Waals surface area contributed by atoms with Gasteiger partial charge in [-0.15, -0.1) is 0 Å². The Hall–Kier alpha value is -3.20. The molecule has 0 saturated carbocycles. The van der Waals surface area contributed by atoms with Crippen LogP contribution in [0.4, 0.5) is 0 Å². The summed E-state index contributed by atoms with van der Waals surface area (Å²) in [6, 6.07) is 11.1. The van der Waals surface area contributed by atoms with Crippen LogP contribution in [0.1, 0.15) is 5.56 Å². The first kappa shape index (κ1) is 12.5. The number of nitriles is 1. The second-order valence-electron chi connectivity index (χ2n) is 4.83. The third-order valence-corrected chi connectivity index (χ3v) is 3.56. The molecule has 2 aromatic carbocycles. The molecule has 0 radical (unpaired) electrons. The van der Waals surface area contributed by atoms with Crippen LogP contribution in [0.3, 0.4) is 0 Å². The molecule has 1 N–H and O–H groups in total. The van der Waals surface area contributed by atoms with Gasteiger partial charge in [0.2, 0.25) is 6.79 Å². The Labute approximate surface area is 125 Å². The number of hydrogen-bond acceptors (Lipinski definition) is 5. The lowest BCUT2D eigenvalue weighted by Gasteiger charge is -2.07. The zero-order chi connectivity index (χ0) is 15.1. The summed E-state index contributed by atoms with van der Waals surface area (Å²) in [5.41, 5.74) is 2.95. The summed E-state index contributed by atoms with van der Waals surface area (Å²) >= 11 is 0. The van der Waals surface area contributed by atoms with Crippen molar-refractivity contribution in [3.8, 4) is 34.7 Å². The maximum atomic E-state index is 8.97. The van der Waals surface area contributed by atoms with Gasteiger partial charge in [0.1, 0.15) is 11.6 Å². The highest BCUT2D eigenvalue weighted by molar-refractivity contribution is 5.82. The van der Waals surface area contributed by atoms with Crippen LogP contribution in [0.5, 0.6) is 17.2 Å². The molecule has 0 atom stereocenters. The standard InChI is InChI=1S/C16H11N3O3/c1-20-13-6-15-14(21-8-22-15)5-10(13)16-18-11-3-2-9(7-17)4-12(11)19-16/h2-6H,8H2,1H3,(H,18,19). The summed E-state index contributed by atoms with van der Waals surface area (Å²) in [5.74, 6) is 2.61. The van der Waals surface area contributed by atoms with E-state index >= 15 is 0 Å². The summed E-state index contributed by atoms with van der Waals surface area (Å²) < 4.78 is 16.2. The Morgan fingerprint density at radius 3 is 2.82 bits per heavy atom. The summed E-state index contributed by atoms with van der Waals surface area (Å²) in [7, 11) is 1.59. The van der Waals surface area contributed by atoms with Crippen LogP contribution in [0.25, 0.3) is 22.4 Å². The first-order chi connectivity index (χ1) is 10.8. The fraction of sp³-hybridized carbons (Fsp3) is 0.125. The number of aromatic amines is 1. The monoisotopic (exact) mass is 293 g/mol. The number of aromatic nitrogens is 2. The summed E-state index contributed by atoms with van der Waals surface area (Å²) in [6.07, 6.45) is 0. The van der Waals surface area contributed by atoms with E-state index in [-0.39, 0.29) is 6.79 Å². The van der Waals surface area contributed by atoms with Crippen molar-refractivity contribution in [1.82, 2.24) is 9.97 Å². The van der Waals surface area contributed by atoms with Crippen molar-refractivity contribution in [2.75, 3.05) is 13.9 Å². The number of rotatable bonds is 2. The number of nitrogens with one attached hydrogen (secondary N) is 1. The molecule has 0 unspecified atom stereocenters. The number of hydrogen-bond donors (Lipinski definition) is 1. The predicted molar refractivity (Wildman–Crippen MR) is 78.9 cm³/mol. The van der Waals surface area contributed by atoms with E-state index in [1.165, 1.54) is 0 Å². The molecule has 6 heteroatoms. The van der Waals surface area contributed by atoms with E-state index in [4.69, 9.17) is 19.5 Å². The maximum Gasteiger partial charge on any atom is 0.231 e. The smallest absolute Gasteiger partial charge is 0.231 e. The van der Waals surface area contributed by atoms with Crippen molar-refractivity contribution in [3.63, 3.8) is 0 Å². The molecular formula is C16H11N3O3. The largest absolute Gasteiger partial charge is 0.496 e. The normalized spacial score (nSPS) is 12.4. The Kier molecular flexibility index (Phi) is 2.66. The quantitative estimate of drug-likeness (QED) is 0.785. The lowest BCUT2D eigenvalue weighted by atomic mass is 10.1. The summed E-state index contributed by atoms with van der Waals surface area (Å²) in [6.45, 7) is 0.202. The SMILES string of the molecule is COc1cc2c(cc1-c1nc3ccc(C#N)cc3[nH]1)OCO2. The van der Waals surface area contributed by atoms with E-state index < -0.39 is 0 Å². The average molecular weight is 293 g/mol.